The van der Waals surface area contributed by atoms with Crippen molar-refractivity contribution in [1.82, 2.24) is 14.9 Å². The Morgan fingerprint density at radius 2 is 1.69 bits per heavy atom. The average Bonchev–Trinajstić information content (AvgIpc) is 2.82. The van der Waals surface area contributed by atoms with Gasteiger partial charge < -0.3 is 29.7 Å². The molecular formula is C22H30N6O3S. The molecule has 0 bridgehead atoms. The molecule has 0 amide bonds. The van der Waals surface area contributed by atoms with Crippen LogP contribution in [0, 0.1) is 6.92 Å². The summed E-state index contributed by atoms with van der Waals surface area (Å²) in [7, 11) is 0. The zero-order valence-electron chi connectivity index (χ0n) is 18.4. The highest BCUT2D eigenvalue weighted by Crippen LogP contribution is 2.21. The van der Waals surface area contributed by atoms with Crippen molar-refractivity contribution in [2.75, 3.05) is 81.3 Å². The first-order chi connectivity index (χ1) is 15.7. The summed E-state index contributed by atoms with van der Waals surface area (Å²) in [6.45, 7) is 9.64. The van der Waals surface area contributed by atoms with Crippen molar-refractivity contribution in [2.45, 2.75) is 6.92 Å². The Morgan fingerprint density at radius 3 is 2.41 bits per heavy atom. The number of thiocarbonyl (C=S) groups is 1. The van der Waals surface area contributed by atoms with Crippen molar-refractivity contribution in [2.24, 2.45) is 0 Å². The maximum atomic E-state index is 5.93. The molecule has 32 heavy (non-hydrogen) atoms. The van der Waals surface area contributed by atoms with Crippen LogP contribution in [-0.2, 0) is 9.47 Å². The molecule has 2 fully saturated rings. The van der Waals surface area contributed by atoms with Crippen LogP contribution in [0.2, 0.25) is 0 Å². The number of ether oxygens (including phenoxy) is 3. The fourth-order valence-electron chi connectivity index (χ4n) is 3.50. The molecule has 0 saturated carbocycles. The van der Waals surface area contributed by atoms with E-state index in [1.165, 1.54) is 5.56 Å². The number of morpholine rings is 2. The summed E-state index contributed by atoms with van der Waals surface area (Å²) in [5.41, 5.74) is 2.11. The number of aromatic nitrogens is 2. The van der Waals surface area contributed by atoms with E-state index in [-0.39, 0.29) is 0 Å². The third kappa shape index (κ3) is 6.73. The summed E-state index contributed by atoms with van der Waals surface area (Å²) in [5.74, 6) is 1.39. The number of hydrogen-bond donors (Lipinski definition) is 2. The fourth-order valence-corrected chi connectivity index (χ4v) is 3.72. The molecule has 2 saturated heterocycles. The molecule has 2 aliphatic rings. The lowest BCUT2D eigenvalue weighted by molar-refractivity contribution is 0.0317. The van der Waals surface area contributed by atoms with Gasteiger partial charge >= 0.3 is 6.01 Å². The second-order valence-electron chi connectivity index (χ2n) is 7.74. The van der Waals surface area contributed by atoms with Crippen LogP contribution in [-0.4, -0.2) is 85.7 Å². The van der Waals surface area contributed by atoms with Crippen LogP contribution in [0.3, 0.4) is 0 Å². The van der Waals surface area contributed by atoms with E-state index in [9.17, 15) is 0 Å². The highest BCUT2D eigenvalue weighted by Gasteiger charge is 2.17. The van der Waals surface area contributed by atoms with Gasteiger partial charge in [-0.2, -0.15) is 9.97 Å². The van der Waals surface area contributed by atoms with Gasteiger partial charge in [-0.1, -0.05) is 17.7 Å². The Balaban J connectivity index is 1.42. The highest BCUT2D eigenvalue weighted by molar-refractivity contribution is 7.80. The number of rotatable bonds is 7. The predicted molar refractivity (Wildman–Crippen MR) is 129 cm³/mol. The van der Waals surface area contributed by atoms with Crippen LogP contribution in [0.25, 0.3) is 0 Å². The van der Waals surface area contributed by atoms with E-state index in [1.54, 1.807) is 0 Å². The van der Waals surface area contributed by atoms with Gasteiger partial charge in [0.1, 0.15) is 18.2 Å². The number of anilines is 3. The molecule has 0 unspecified atom stereocenters. The summed E-state index contributed by atoms with van der Waals surface area (Å²) >= 11 is 5.49. The van der Waals surface area contributed by atoms with Crippen LogP contribution in [0.5, 0.6) is 6.01 Å². The molecule has 0 atom stereocenters. The number of aryl methyl sites for hydroxylation is 1. The van der Waals surface area contributed by atoms with E-state index < -0.39 is 0 Å². The molecule has 1 aromatic carbocycles. The summed E-state index contributed by atoms with van der Waals surface area (Å²) < 4.78 is 16.8. The van der Waals surface area contributed by atoms with Crippen molar-refractivity contribution in [3.63, 3.8) is 0 Å². The third-order valence-electron chi connectivity index (χ3n) is 5.32. The number of nitrogens with zero attached hydrogens (tertiary/aromatic N) is 4. The maximum Gasteiger partial charge on any atom is 0.320 e. The topological polar surface area (TPSA) is 84.0 Å². The quantitative estimate of drug-likeness (QED) is 0.602. The summed E-state index contributed by atoms with van der Waals surface area (Å²) in [4.78, 5) is 13.6. The van der Waals surface area contributed by atoms with Crippen molar-refractivity contribution in [1.29, 1.82) is 0 Å². The molecule has 0 aliphatic carbocycles. The van der Waals surface area contributed by atoms with Gasteiger partial charge in [0.25, 0.3) is 0 Å². The van der Waals surface area contributed by atoms with Gasteiger partial charge in [-0.05, 0) is 31.3 Å². The minimum absolute atomic E-state index is 0.336. The molecule has 4 rings (SSSR count). The second kappa shape index (κ2) is 11.4. The van der Waals surface area contributed by atoms with E-state index in [0.29, 0.717) is 36.8 Å². The Bertz CT molecular complexity index is 886. The van der Waals surface area contributed by atoms with Crippen LogP contribution in [0.15, 0.2) is 30.3 Å². The fraction of sp³-hybridized carbons (Fsp3) is 0.500. The Morgan fingerprint density at radius 1 is 1.00 bits per heavy atom. The predicted octanol–water partition coefficient (Wildman–Crippen LogP) is 2.14. The lowest BCUT2D eigenvalue weighted by atomic mass is 10.2. The minimum atomic E-state index is 0.336. The zero-order valence-corrected chi connectivity index (χ0v) is 19.2. The molecular weight excluding hydrogens is 428 g/mol. The maximum absolute atomic E-state index is 5.93. The van der Waals surface area contributed by atoms with Gasteiger partial charge in [-0.15, -0.1) is 0 Å². The Hall–Kier alpha value is -2.53. The number of hydrogen-bond acceptors (Lipinski definition) is 8. The van der Waals surface area contributed by atoms with Crippen molar-refractivity contribution in [3.8, 4) is 6.01 Å². The number of nitrogens with one attached hydrogen (secondary N) is 2. The van der Waals surface area contributed by atoms with Gasteiger partial charge in [0.05, 0.1) is 26.4 Å². The second-order valence-corrected chi connectivity index (χ2v) is 8.15. The first kappa shape index (κ1) is 22.7. The van der Waals surface area contributed by atoms with E-state index in [1.807, 2.05) is 30.3 Å². The normalized spacial score (nSPS) is 17.1. The van der Waals surface area contributed by atoms with E-state index in [4.69, 9.17) is 26.4 Å². The highest BCUT2D eigenvalue weighted by atomic mass is 32.1. The monoisotopic (exact) mass is 458 g/mol. The first-order valence-electron chi connectivity index (χ1n) is 10.9. The first-order valence-corrected chi connectivity index (χ1v) is 11.4. The van der Waals surface area contributed by atoms with Gasteiger partial charge in [0.15, 0.2) is 5.11 Å². The lowest BCUT2D eigenvalue weighted by Gasteiger charge is -2.28. The zero-order chi connectivity index (χ0) is 22.2. The molecule has 10 heteroatoms. The largest absolute Gasteiger partial charge is 0.462 e. The summed E-state index contributed by atoms with van der Waals surface area (Å²) in [6.07, 6.45) is 0. The van der Waals surface area contributed by atoms with E-state index >= 15 is 0 Å². The van der Waals surface area contributed by atoms with Gasteiger partial charge in [-0.3, -0.25) is 4.90 Å². The van der Waals surface area contributed by atoms with Crippen molar-refractivity contribution < 1.29 is 14.2 Å². The van der Waals surface area contributed by atoms with Crippen molar-refractivity contribution in [3.05, 3.63) is 35.9 Å². The average molecular weight is 459 g/mol. The molecule has 9 nitrogen and oxygen atoms in total. The molecule has 2 aliphatic heterocycles. The van der Waals surface area contributed by atoms with Crippen LogP contribution < -0.4 is 20.3 Å². The standard InChI is InChI=1S/C22H30N6O3S/c1-17-2-4-18(5-3-17)23-22(32)25-19-16-20(28-9-13-30-14-10-28)26-21(24-19)31-15-8-27-6-11-29-12-7-27/h2-5,16H,6-15H2,1H3,(H2,23,24,25,26,32). The molecule has 3 heterocycles. The Labute approximate surface area is 194 Å². The molecule has 2 N–H and O–H groups in total. The van der Waals surface area contributed by atoms with Crippen molar-refractivity contribution >= 4 is 34.7 Å². The van der Waals surface area contributed by atoms with Crippen LogP contribution >= 0.6 is 12.2 Å². The van der Waals surface area contributed by atoms with Gasteiger partial charge in [0, 0.05) is 44.5 Å². The SMILES string of the molecule is Cc1ccc(NC(=S)Nc2cc(N3CCOCC3)nc(OCCN3CCOCC3)n2)cc1. The van der Waals surface area contributed by atoms with Gasteiger partial charge in [0.2, 0.25) is 0 Å². The summed E-state index contributed by atoms with van der Waals surface area (Å²) in [5, 5.41) is 6.82. The van der Waals surface area contributed by atoms with Gasteiger partial charge in [-0.25, -0.2) is 0 Å². The lowest BCUT2D eigenvalue weighted by Crippen LogP contribution is -2.39. The minimum Gasteiger partial charge on any atom is -0.462 e. The smallest absolute Gasteiger partial charge is 0.320 e. The van der Waals surface area contributed by atoms with E-state index in [0.717, 1.165) is 57.4 Å². The number of benzene rings is 1. The van der Waals surface area contributed by atoms with E-state index in [2.05, 4.69) is 37.3 Å². The molecule has 0 spiro atoms. The van der Waals surface area contributed by atoms with Crippen LogP contribution in [0.4, 0.5) is 17.3 Å². The summed E-state index contributed by atoms with van der Waals surface area (Å²) in [6, 6.07) is 10.3. The molecule has 172 valence electrons. The van der Waals surface area contributed by atoms with Crippen LogP contribution in [0.1, 0.15) is 5.56 Å². The molecule has 1 aromatic heterocycles. The molecule has 0 radical (unpaired) electrons. The molecule has 2 aromatic rings. The third-order valence-corrected chi connectivity index (χ3v) is 5.52. The Kier molecular flexibility index (Phi) is 8.05.